The predicted molar refractivity (Wildman–Crippen MR) is 163 cm³/mol. The normalized spacial score (nSPS) is 15.0. The Hall–Kier alpha value is -3.78. The molecule has 2 aliphatic rings. The van der Waals surface area contributed by atoms with Crippen molar-refractivity contribution in [2.24, 2.45) is 0 Å². The van der Waals surface area contributed by atoms with Crippen molar-refractivity contribution in [1.29, 1.82) is 0 Å². The Kier molecular flexibility index (Phi) is 10.1. The van der Waals surface area contributed by atoms with Gasteiger partial charge in [0.2, 0.25) is 5.91 Å². The summed E-state index contributed by atoms with van der Waals surface area (Å²) >= 11 is 2.73. The van der Waals surface area contributed by atoms with Gasteiger partial charge in [-0.15, -0.1) is 21.5 Å². The zero-order valence-electron chi connectivity index (χ0n) is 23.9. The van der Waals surface area contributed by atoms with Crippen molar-refractivity contribution < 1.29 is 24.0 Å². The number of nitro benzene ring substituents is 1. The van der Waals surface area contributed by atoms with Crippen LogP contribution in [0.5, 0.6) is 0 Å². The van der Waals surface area contributed by atoms with E-state index in [1.165, 1.54) is 47.4 Å². The number of ether oxygens (including phenoxy) is 1. The average Bonchev–Trinajstić information content (AvgIpc) is 3.60. The molecule has 0 bridgehead atoms. The number of hydrogen-bond donors (Lipinski definition) is 2. The predicted octanol–water partition coefficient (Wildman–Crippen LogP) is 5.47. The molecule has 0 aliphatic heterocycles. The van der Waals surface area contributed by atoms with Gasteiger partial charge in [-0.2, -0.15) is 0 Å². The monoisotopic (exact) mass is 626 g/mol. The third-order valence-electron chi connectivity index (χ3n) is 7.66. The molecule has 0 radical (unpaired) electrons. The number of rotatable bonds is 11. The zero-order valence-corrected chi connectivity index (χ0v) is 25.6. The molecule has 2 aromatic heterocycles. The Morgan fingerprint density at radius 2 is 1.84 bits per heavy atom. The van der Waals surface area contributed by atoms with Gasteiger partial charge in [0.25, 0.3) is 11.6 Å². The molecule has 0 saturated heterocycles. The molecule has 1 saturated carbocycles. The number of benzene rings is 1. The Morgan fingerprint density at radius 3 is 2.56 bits per heavy atom. The molecule has 2 N–H and O–H groups in total. The Morgan fingerprint density at radius 1 is 1.09 bits per heavy atom. The molecular weight excluding hydrogens is 592 g/mol. The molecule has 14 heteroatoms. The number of thiophene rings is 1. The Bertz CT molecular complexity index is 1500. The van der Waals surface area contributed by atoms with Crippen LogP contribution >= 0.6 is 23.1 Å². The lowest BCUT2D eigenvalue weighted by Gasteiger charge is -2.25. The van der Waals surface area contributed by atoms with Gasteiger partial charge < -0.3 is 19.9 Å². The van der Waals surface area contributed by atoms with Crippen LogP contribution in [0.1, 0.15) is 94.9 Å². The van der Waals surface area contributed by atoms with Crippen LogP contribution in [0, 0.1) is 10.1 Å². The molecule has 1 aromatic carbocycles. The number of hydrogen-bond acceptors (Lipinski definition) is 10. The van der Waals surface area contributed by atoms with Gasteiger partial charge in [-0.25, -0.2) is 4.79 Å². The van der Waals surface area contributed by atoms with E-state index in [4.69, 9.17) is 4.74 Å². The number of non-ortho nitro benzene ring substituents is 1. The smallest absolute Gasteiger partial charge is 0.341 e. The van der Waals surface area contributed by atoms with Crippen LogP contribution < -0.4 is 10.6 Å². The molecule has 228 valence electrons. The van der Waals surface area contributed by atoms with Crippen molar-refractivity contribution in [3.8, 4) is 0 Å². The highest BCUT2D eigenvalue weighted by Gasteiger charge is 2.28. The minimum atomic E-state index is -0.513. The maximum Gasteiger partial charge on any atom is 0.341 e. The van der Waals surface area contributed by atoms with Crippen LogP contribution in [0.15, 0.2) is 29.4 Å². The minimum Gasteiger partial charge on any atom is -0.462 e. The van der Waals surface area contributed by atoms with E-state index in [9.17, 15) is 24.5 Å². The third kappa shape index (κ3) is 7.24. The molecule has 1 fully saturated rings. The molecule has 43 heavy (non-hydrogen) atoms. The number of esters is 1. The summed E-state index contributed by atoms with van der Waals surface area (Å²) in [4.78, 5) is 50.2. The van der Waals surface area contributed by atoms with Crippen molar-refractivity contribution in [3.63, 3.8) is 0 Å². The molecular formula is C29H34N6O6S2. The fraction of sp³-hybridized carbons (Fsp3) is 0.483. The molecule has 12 nitrogen and oxygen atoms in total. The molecule has 5 rings (SSSR count). The standard InChI is InChI=1S/C29H34N6O6S2/c1-2-41-28(38)25-21-10-6-7-11-22(21)43-27(25)31-24(36)17-42-29-33-32-23(34(29)19-8-4-3-5-9-19)16-30-26(37)18-12-14-20(15-13-18)35(39)40/h12-15,19H,2-11,16-17H2,1H3,(H,30,37)(H,31,36). The Labute approximate surface area is 257 Å². The van der Waals surface area contributed by atoms with Crippen molar-refractivity contribution in [2.75, 3.05) is 17.7 Å². The van der Waals surface area contributed by atoms with Gasteiger partial charge in [-0.1, -0.05) is 31.0 Å². The maximum atomic E-state index is 13.1. The van der Waals surface area contributed by atoms with Crippen LogP contribution in [0.3, 0.4) is 0 Å². The first kappa shape index (κ1) is 30.7. The summed E-state index contributed by atoms with van der Waals surface area (Å²) in [6, 6.07) is 5.56. The molecule has 2 heterocycles. The summed E-state index contributed by atoms with van der Waals surface area (Å²) in [6.07, 6.45) is 8.96. The lowest BCUT2D eigenvalue weighted by molar-refractivity contribution is -0.384. The number of nitro groups is 1. The average molecular weight is 627 g/mol. The highest BCUT2D eigenvalue weighted by atomic mass is 32.2. The summed E-state index contributed by atoms with van der Waals surface area (Å²) in [5.74, 6) is -0.369. The second kappa shape index (κ2) is 14.1. The van der Waals surface area contributed by atoms with Gasteiger partial charge >= 0.3 is 5.97 Å². The number of aryl methyl sites for hydroxylation is 1. The lowest BCUT2D eigenvalue weighted by atomic mass is 9.95. The second-order valence-corrected chi connectivity index (χ2v) is 12.6. The van der Waals surface area contributed by atoms with Gasteiger partial charge in [0.15, 0.2) is 11.0 Å². The van der Waals surface area contributed by atoms with Gasteiger partial charge in [-0.05, 0) is 63.1 Å². The summed E-state index contributed by atoms with van der Waals surface area (Å²) in [6.45, 7) is 2.15. The summed E-state index contributed by atoms with van der Waals surface area (Å²) < 4.78 is 7.33. The van der Waals surface area contributed by atoms with Gasteiger partial charge in [0, 0.05) is 28.6 Å². The first-order valence-electron chi connectivity index (χ1n) is 14.6. The number of nitrogens with one attached hydrogen (secondary N) is 2. The zero-order chi connectivity index (χ0) is 30.3. The van der Waals surface area contributed by atoms with Crippen molar-refractivity contribution >= 4 is 51.6 Å². The number of carbonyl (C=O) groups is 3. The molecule has 0 atom stereocenters. The topological polar surface area (TPSA) is 158 Å². The first-order valence-corrected chi connectivity index (χ1v) is 16.4. The van der Waals surface area contributed by atoms with Crippen LogP contribution in [-0.2, 0) is 28.9 Å². The molecule has 2 aliphatic carbocycles. The Balaban J connectivity index is 1.27. The van der Waals surface area contributed by atoms with Crippen LogP contribution in [-0.4, -0.2) is 49.8 Å². The summed E-state index contributed by atoms with van der Waals surface area (Å²) in [7, 11) is 0. The summed E-state index contributed by atoms with van der Waals surface area (Å²) in [5.41, 5.74) is 1.69. The second-order valence-electron chi connectivity index (χ2n) is 10.5. The van der Waals surface area contributed by atoms with Crippen molar-refractivity contribution in [2.45, 2.75) is 82.5 Å². The highest BCUT2D eigenvalue weighted by molar-refractivity contribution is 7.99. The third-order valence-corrected chi connectivity index (χ3v) is 9.81. The quantitative estimate of drug-likeness (QED) is 0.122. The molecule has 3 aromatic rings. The van der Waals surface area contributed by atoms with Gasteiger partial charge in [0.05, 0.1) is 29.4 Å². The minimum absolute atomic E-state index is 0.0742. The number of anilines is 1. The molecule has 0 spiro atoms. The highest BCUT2D eigenvalue weighted by Crippen LogP contribution is 2.39. The van der Waals surface area contributed by atoms with Crippen molar-refractivity contribution in [1.82, 2.24) is 20.1 Å². The number of fused-ring (bicyclic) bond motifs is 1. The van der Waals surface area contributed by atoms with E-state index in [1.54, 1.807) is 6.92 Å². The van der Waals surface area contributed by atoms with Crippen LogP contribution in [0.4, 0.5) is 10.7 Å². The lowest BCUT2D eigenvalue weighted by Crippen LogP contribution is -2.26. The first-order chi connectivity index (χ1) is 20.9. The number of thioether (sulfide) groups is 1. The number of aromatic nitrogens is 3. The van der Waals surface area contributed by atoms with Gasteiger partial charge in [-0.3, -0.25) is 19.7 Å². The molecule has 2 amide bonds. The summed E-state index contributed by atoms with van der Waals surface area (Å²) in [5, 5.41) is 26.6. The largest absolute Gasteiger partial charge is 0.462 e. The number of nitrogens with zero attached hydrogens (tertiary/aromatic N) is 4. The van der Waals surface area contributed by atoms with E-state index in [1.807, 2.05) is 4.57 Å². The van der Waals surface area contributed by atoms with E-state index in [0.717, 1.165) is 68.2 Å². The molecule has 0 unspecified atom stereocenters. The van der Waals surface area contributed by atoms with E-state index in [0.29, 0.717) is 27.1 Å². The maximum absolute atomic E-state index is 13.1. The van der Waals surface area contributed by atoms with E-state index in [2.05, 4.69) is 20.8 Å². The van der Waals surface area contributed by atoms with E-state index in [-0.39, 0.29) is 42.4 Å². The van der Waals surface area contributed by atoms with Crippen LogP contribution in [0.25, 0.3) is 0 Å². The number of carbonyl (C=O) groups excluding carboxylic acids is 3. The number of amides is 2. The van der Waals surface area contributed by atoms with Crippen LogP contribution in [0.2, 0.25) is 0 Å². The van der Waals surface area contributed by atoms with E-state index >= 15 is 0 Å². The fourth-order valence-corrected chi connectivity index (χ4v) is 7.71. The fourth-order valence-electron chi connectivity index (χ4n) is 5.59. The van der Waals surface area contributed by atoms with Crippen molar-refractivity contribution in [3.05, 3.63) is 61.8 Å². The van der Waals surface area contributed by atoms with Gasteiger partial charge in [0.1, 0.15) is 5.00 Å². The van der Waals surface area contributed by atoms with E-state index < -0.39 is 10.9 Å². The SMILES string of the molecule is CCOC(=O)c1c(NC(=O)CSc2nnc(CNC(=O)c3ccc([N+](=O)[O-])cc3)n2C2CCCCC2)sc2c1CCCC2.